The lowest BCUT2D eigenvalue weighted by Crippen LogP contribution is -2.09. The molecule has 0 aliphatic rings. The molecule has 2 heterocycles. The van der Waals surface area contributed by atoms with Gasteiger partial charge < -0.3 is 14.2 Å². The molecule has 0 amide bonds. The summed E-state index contributed by atoms with van der Waals surface area (Å²) in [6.07, 6.45) is 2.91. The van der Waals surface area contributed by atoms with E-state index in [0.29, 0.717) is 28.2 Å². The zero-order valence-corrected chi connectivity index (χ0v) is 14.7. The van der Waals surface area contributed by atoms with E-state index in [2.05, 4.69) is 14.7 Å². The van der Waals surface area contributed by atoms with Gasteiger partial charge >= 0.3 is 6.61 Å². The lowest BCUT2D eigenvalue weighted by Gasteiger charge is -2.11. The summed E-state index contributed by atoms with van der Waals surface area (Å²) < 4.78 is 53.6. The monoisotopic (exact) mass is 383 g/mol. The van der Waals surface area contributed by atoms with Crippen molar-refractivity contribution in [1.29, 1.82) is 0 Å². The fourth-order valence-corrected chi connectivity index (χ4v) is 3.55. The van der Waals surface area contributed by atoms with Crippen LogP contribution < -0.4 is 14.2 Å². The van der Waals surface area contributed by atoms with Gasteiger partial charge in [0.2, 0.25) is 0 Å². The van der Waals surface area contributed by atoms with Crippen molar-refractivity contribution < 1.29 is 27.2 Å². The molecule has 0 saturated carbocycles. The topological polar surface area (TPSA) is 75.5 Å². The first kappa shape index (κ1) is 18.1. The summed E-state index contributed by atoms with van der Waals surface area (Å²) in [6.45, 7) is -2.92. The zero-order valence-electron chi connectivity index (χ0n) is 13.9. The third-order valence-electron chi connectivity index (χ3n) is 3.56. The number of halogens is 2. The first-order valence-electron chi connectivity index (χ1n) is 7.40. The van der Waals surface area contributed by atoms with Crippen LogP contribution in [-0.4, -0.2) is 39.0 Å². The Kier molecular flexibility index (Phi) is 5.31. The van der Waals surface area contributed by atoms with Gasteiger partial charge in [0.25, 0.3) is 0 Å². The molecule has 0 radical (unpaired) electrons. The van der Waals surface area contributed by atoms with Crippen molar-refractivity contribution in [3.8, 4) is 17.2 Å². The second-order valence-electron chi connectivity index (χ2n) is 5.06. The molecule has 26 heavy (non-hydrogen) atoms. The lowest BCUT2D eigenvalue weighted by atomic mass is 10.3. The highest BCUT2D eigenvalue weighted by molar-refractivity contribution is 7.82. The smallest absolute Gasteiger partial charge is 0.387 e. The maximum absolute atomic E-state index is 12.8. The van der Waals surface area contributed by atoms with Crippen LogP contribution in [0.25, 0.3) is 11.0 Å². The summed E-state index contributed by atoms with van der Waals surface area (Å²) in [4.78, 5) is 8.29. The number of aromatic nitrogens is 3. The molecule has 0 saturated heterocycles. The number of nitrogens with zero attached hydrogens (tertiary/aromatic N) is 3. The van der Waals surface area contributed by atoms with Crippen molar-refractivity contribution in [2.45, 2.75) is 12.4 Å². The Morgan fingerprint density at radius 3 is 2.69 bits per heavy atom. The number of benzene rings is 1. The molecule has 3 rings (SSSR count). The average Bonchev–Trinajstić information content (AvgIpc) is 3.04. The van der Waals surface area contributed by atoms with Crippen molar-refractivity contribution in [1.82, 2.24) is 13.9 Å². The first-order chi connectivity index (χ1) is 12.5. The van der Waals surface area contributed by atoms with Gasteiger partial charge in [-0.05, 0) is 12.1 Å². The van der Waals surface area contributed by atoms with E-state index in [1.807, 2.05) is 0 Å². The van der Waals surface area contributed by atoms with E-state index in [4.69, 9.17) is 9.47 Å². The summed E-state index contributed by atoms with van der Waals surface area (Å²) in [6, 6.07) is 5.89. The Labute approximate surface area is 150 Å². The molecule has 3 aromatic rings. The zero-order chi connectivity index (χ0) is 18.7. The molecule has 10 heteroatoms. The van der Waals surface area contributed by atoms with Gasteiger partial charge in [0, 0.05) is 18.3 Å². The van der Waals surface area contributed by atoms with Gasteiger partial charge in [-0.1, -0.05) is 0 Å². The number of hydrogen-bond acceptors (Lipinski definition) is 6. The minimum Gasteiger partial charge on any atom is -0.493 e. The van der Waals surface area contributed by atoms with Gasteiger partial charge in [-0.25, -0.2) is 13.2 Å². The maximum Gasteiger partial charge on any atom is 0.387 e. The molecule has 0 aliphatic heterocycles. The summed E-state index contributed by atoms with van der Waals surface area (Å²) in [5, 5.41) is 0. The molecule has 0 aliphatic carbocycles. The fraction of sp³-hybridized carbons (Fsp3) is 0.250. The highest BCUT2D eigenvalue weighted by Gasteiger charge is 2.17. The van der Waals surface area contributed by atoms with Gasteiger partial charge in [-0.3, -0.25) is 4.98 Å². The SMILES string of the molecule is COc1ccnc(CS(=O)n2cnc3cc(OC(F)F)ccc32)c1OC. The highest BCUT2D eigenvalue weighted by Crippen LogP contribution is 2.30. The van der Waals surface area contributed by atoms with Crippen molar-refractivity contribution in [3.63, 3.8) is 0 Å². The molecule has 0 bridgehead atoms. The number of methoxy groups -OCH3 is 2. The Morgan fingerprint density at radius 1 is 1.19 bits per heavy atom. The standard InChI is InChI=1S/C16H15F2N3O4S/c1-23-14-5-6-19-12(15(14)24-2)8-26(22)21-9-20-11-7-10(25-16(17)18)3-4-13(11)21/h3-7,9,16H,8H2,1-2H3. The van der Waals surface area contributed by atoms with Crippen LogP contribution in [0.3, 0.4) is 0 Å². The van der Waals surface area contributed by atoms with Crippen molar-refractivity contribution in [2.24, 2.45) is 0 Å². The van der Waals surface area contributed by atoms with Gasteiger partial charge in [0.05, 0.1) is 31.0 Å². The first-order valence-corrected chi connectivity index (χ1v) is 8.67. The van der Waals surface area contributed by atoms with E-state index < -0.39 is 17.6 Å². The quantitative estimate of drug-likeness (QED) is 0.625. The van der Waals surface area contributed by atoms with Crippen LogP contribution in [0, 0.1) is 0 Å². The van der Waals surface area contributed by atoms with Gasteiger partial charge in [0.15, 0.2) is 11.5 Å². The number of imidazole rings is 1. The third-order valence-corrected chi connectivity index (χ3v) is 4.81. The number of alkyl halides is 2. The molecule has 1 aromatic carbocycles. The summed E-state index contributed by atoms with van der Waals surface area (Å²) in [5.41, 5.74) is 1.37. The van der Waals surface area contributed by atoms with Gasteiger partial charge in [0.1, 0.15) is 28.8 Å². The van der Waals surface area contributed by atoms with Crippen molar-refractivity contribution >= 4 is 22.0 Å². The van der Waals surface area contributed by atoms with E-state index in [1.54, 1.807) is 6.07 Å². The van der Waals surface area contributed by atoms with Crippen LogP contribution in [-0.2, 0) is 16.7 Å². The average molecular weight is 383 g/mol. The van der Waals surface area contributed by atoms with Crippen LogP contribution in [0.4, 0.5) is 8.78 Å². The Bertz CT molecular complexity index is 948. The molecule has 0 spiro atoms. The third kappa shape index (κ3) is 3.59. The van der Waals surface area contributed by atoms with Crippen LogP contribution in [0.2, 0.25) is 0 Å². The van der Waals surface area contributed by atoms with E-state index in [0.717, 1.165) is 0 Å². The lowest BCUT2D eigenvalue weighted by molar-refractivity contribution is -0.0497. The molecular formula is C16H15F2N3O4S. The second kappa shape index (κ2) is 7.65. The van der Waals surface area contributed by atoms with E-state index >= 15 is 0 Å². The van der Waals surface area contributed by atoms with Gasteiger partial charge in [-0.2, -0.15) is 8.78 Å². The molecule has 0 N–H and O–H groups in total. The predicted octanol–water partition coefficient (Wildman–Crippen LogP) is 2.76. The second-order valence-corrected chi connectivity index (χ2v) is 6.38. The van der Waals surface area contributed by atoms with Crippen LogP contribution in [0.1, 0.15) is 5.69 Å². The molecule has 2 aromatic heterocycles. The largest absolute Gasteiger partial charge is 0.493 e. The van der Waals surface area contributed by atoms with E-state index in [-0.39, 0.29) is 11.5 Å². The van der Waals surface area contributed by atoms with Crippen LogP contribution in [0.5, 0.6) is 17.2 Å². The fourth-order valence-electron chi connectivity index (χ4n) is 2.45. The molecule has 7 nitrogen and oxygen atoms in total. The Hall–Kier alpha value is -2.75. The van der Waals surface area contributed by atoms with Crippen LogP contribution >= 0.6 is 0 Å². The predicted molar refractivity (Wildman–Crippen MR) is 91.0 cm³/mol. The number of hydrogen-bond donors (Lipinski definition) is 0. The van der Waals surface area contributed by atoms with Crippen LogP contribution in [0.15, 0.2) is 36.8 Å². The number of rotatable bonds is 7. The van der Waals surface area contributed by atoms with Crippen molar-refractivity contribution in [2.75, 3.05) is 14.2 Å². The van der Waals surface area contributed by atoms with Gasteiger partial charge in [-0.15, -0.1) is 0 Å². The molecular weight excluding hydrogens is 368 g/mol. The Morgan fingerprint density at radius 2 is 2.00 bits per heavy atom. The number of ether oxygens (including phenoxy) is 3. The Balaban J connectivity index is 1.89. The minimum absolute atomic E-state index is 0.0142. The minimum atomic E-state index is -2.92. The number of pyridine rings is 1. The summed E-state index contributed by atoms with van der Waals surface area (Å²) in [7, 11) is 1.43. The normalized spacial score (nSPS) is 12.3. The van der Waals surface area contributed by atoms with E-state index in [9.17, 15) is 13.0 Å². The summed E-state index contributed by atoms with van der Waals surface area (Å²) >= 11 is 0. The van der Waals surface area contributed by atoms with E-state index in [1.165, 1.54) is 48.9 Å². The summed E-state index contributed by atoms with van der Waals surface area (Å²) in [5.74, 6) is 0.931. The van der Waals surface area contributed by atoms with Crippen molar-refractivity contribution in [3.05, 3.63) is 42.5 Å². The number of fused-ring (bicyclic) bond motifs is 1. The molecule has 1 atom stereocenters. The molecule has 138 valence electrons. The highest BCUT2D eigenvalue weighted by atomic mass is 32.2. The molecule has 0 fully saturated rings. The molecule has 1 unspecified atom stereocenters. The maximum atomic E-state index is 12.8.